The van der Waals surface area contributed by atoms with E-state index in [4.69, 9.17) is 10.2 Å². The molecule has 0 heterocycles. The molecule has 0 aliphatic heterocycles. The van der Waals surface area contributed by atoms with Gasteiger partial charge in [0.25, 0.3) is 5.24 Å². The Labute approximate surface area is 98.7 Å². The van der Waals surface area contributed by atoms with Gasteiger partial charge in [0.15, 0.2) is 0 Å². The molecule has 0 aliphatic carbocycles. The van der Waals surface area contributed by atoms with Crippen LogP contribution in [0.15, 0.2) is 24.3 Å². The molecule has 1 rings (SSSR count). The second-order valence-electron chi connectivity index (χ2n) is 3.00. The first-order chi connectivity index (χ1) is 7.36. The van der Waals surface area contributed by atoms with Crippen LogP contribution in [0.2, 0.25) is 0 Å². The van der Waals surface area contributed by atoms with Gasteiger partial charge in [0.2, 0.25) is 0 Å². The molecule has 0 fully saturated rings. The molecular formula is C10H13NO4S. The third-order valence-corrected chi connectivity index (χ3v) is 1.92. The molecule has 1 amide bonds. The lowest BCUT2D eigenvalue weighted by atomic mass is 10.2. The zero-order valence-electron chi connectivity index (χ0n) is 8.91. The lowest BCUT2D eigenvalue weighted by Crippen LogP contribution is -2.13. The predicted octanol–water partition coefficient (Wildman–Crippen LogP) is 1.69. The fourth-order valence-corrected chi connectivity index (χ4v) is 0.654. The van der Waals surface area contributed by atoms with Gasteiger partial charge in [-0.25, -0.2) is 4.79 Å². The quantitative estimate of drug-likeness (QED) is 0.656. The minimum atomic E-state index is -1.11. The molecule has 0 aliphatic rings. The lowest BCUT2D eigenvalue weighted by molar-refractivity contribution is 0.0693. The molecule has 0 aromatic heterocycles. The van der Waals surface area contributed by atoms with Gasteiger partial charge < -0.3 is 15.1 Å². The summed E-state index contributed by atoms with van der Waals surface area (Å²) in [4.78, 5) is 21.6. The molecule has 5 nitrogen and oxygen atoms in total. The maximum atomic E-state index is 10.3. The maximum Gasteiger partial charge on any atom is 0.339 e. The van der Waals surface area contributed by atoms with Crippen molar-refractivity contribution >= 4 is 23.8 Å². The smallest absolute Gasteiger partial charge is 0.339 e. The van der Waals surface area contributed by atoms with Crippen molar-refractivity contribution in [3.8, 4) is 5.75 Å². The molecular weight excluding hydrogens is 230 g/mol. The highest BCUT2D eigenvalue weighted by molar-refractivity contribution is 7.96. The van der Waals surface area contributed by atoms with Crippen LogP contribution >= 0.6 is 12.6 Å². The van der Waals surface area contributed by atoms with E-state index in [2.05, 4.69) is 12.6 Å². The molecule has 0 saturated carbocycles. The highest BCUT2D eigenvalue weighted by Gasteiger charge is 2.05. The summed E-state index contributed by atoms with van der Waals surface area (Å²) < 4.78 is 0. The summed E-state index contributed by atoms with van der Waals surface area (Å²) in [5.41, 5.74) is -0.0671. The predicted molar refractivity (Wildman–Crippen MR) is 63.1 cm³/mol. The second-order valence-corrected chi connectivity index (χ2v) is 3.38. The lowest BCUT2D eigenvalue weighted by Gasteiger charge is -2.01. The molecule has 1 aromatic carbocycles. The third kappa shape index (κ3) is 5.26. The first kappa shape index (κ1) is 14.3. The number of carbonyl (C=O) groups is 2. The Morgan fingerprint density at radius 3 is 1.94 bits per heavy atom. The van der Waals surface area contributed by atoms with E-state index < -0.39 is 5.97 Å². The van der Waals surface area contributed by atoms with Gasteiger partial charge in [0.05, 0.1) is 0 Å². The van der Waals surface area contributed by atoms with Gasteiger partial charge in [-0.1, -0.05) is 24.8 Å². The van der Waals surface area contributed by atoms with Crippen LogP contribution in [-0.2, 0) is 0 Å². The molecule has 88 valence electrons. The summed E-state index contributed by atoms with van der Waals surface area (Å²) in [6.07, 6.45) is 0. The number of benzene rings is 1. The number of thiol groups is 1. The summed E-state index contributed by atoms with van der Waals surface area (Å²) in [6, 6.07) is 5.81. The first-order valence-electron chi connectivity index (χ1n) is 4.27. The Balaban J connectivity index is 0.000000325. The topological polar surface area (TPSA) is 77.8 Å². The summed E-state index contributed by atoms with van der Waals surface area (Å²) >= 11 is 3.48. The number of nitrogens with zero attached hydrogens (tertiary/aromatic N) is 1. The van der Waals surface area contributed by atoms with Crippen LogP contribution < -0.4 is 0 Å². The number of rotatable bonds is 1. The molecule has 0 atom stereocenters. The fourth-order valence-electron chi connectivity index (χ4n) is 0.654. The first-order valence-corrected chi connectivity index (χ1v) is 4.72. The fraction of sp³-hybridized carbons (Fsp3) is 0.200. The number of carboxylic acid groups (broad SMARTS) is 1. The minimum Gasteiger partial charge on any atom is -0.507 e. The molecule has 0 saturated heterocycles. The van der Waals surface area contributed by atoms with Crippen molar-refractivity contribution in [3.05, 3.63) is 29.8 Å². The van der Waals surface area contributed by atoms with Crippen molar-refractivity contribution in [2.45, 2.75) is 0 Å². The zero-order chi connectivity index (χ0) is 12.7. The van der Waals surface area contributed by atoms with Crippen LogP contribution in [0.5, 0.6) is 5.75 Å². The van der Waals surface area contributed by atoms with Gasteiger partial charge in [-0.05, 0) is 12.1 Å². The van der Waals surface area contributed by atoms with Gasteiger partial charge in [-0.2, -0.15) is 0 Å². The molecule has 1 aromatic rings. The van der Waals surface area contributed by atoms with Crippen molar-refractivity contribution in [2.24, 2.45) is 0 Å². The van der Waals surface area contributed by atoms with Crippen molar-refractivity contribution < 1.29 is 19.8 Å². The van der Waals surface area contributed by atoms with Gasteiger partial charge in [-0.3, -0.25) is 4.79 Å². The number of hydrogen-bond donors (Lipinski definition) is 3. The van der Waals surface area contributed by atoms with Crippen LogP contribution in [-0.4, -0.2) is 40.4 Å². The third-order valence-electron chi connectivity index (χ3n) is 1.52. The molecule has 2 N–H and O–H groups in total. The summed E-state index contributed by atoms with van der Waals surface area (Å²) in [6.45, 7) is 0. The number of aromatic hydroxyl groups is 1. The Hall–Kier alpha value is -1.69. The van der Waals surface area contributed by atoms with Gasteiger partial charge in [0, 0.05) is 14.1 Å². The monoisotopic (exact) mass is 243 g/mol. The van der Waals surface area contributed by atoms with Gasteiger partial charge in [0.1, 0.15) is 11.3 Å². The van der Waals surface area contributed by atoms with E-state index in [1.165, 1.54) is 17.0 Å². The van der Waals surface area contributed by atoms with E-state index in [0.29, 0.717) is 0 Å². The van der Waals surface area contributed by atoms with E-state index in [1.807, 2.05) is 0 Å². The Kier molecular flexibility index (Phi) is 6.02. The molecule has 0 radical (unpaired) electrons. The average Bonchev–Trinajstić information content (AvgIpc) is 2.18. The molecule has 16 heavy (non-hydrogen) atoms. The van der Waals surface area contributed by atoms with E-state index >= 15 is 0 Å². The number of carboxylic acids is 1. The largest absolute Gasteiger partial charge is 0.507 e. The molecule has 6 heteroatoms. The van der Waals surface area contributed by atoms with Gasteiger partial charge >= 0.3 is 5.97 Å². The summed E-state index contributed by atoms with van der Waals surface area (Å²) in [7, 11) is 3.30. The SMILES string of the molecule is CN(C)C(=O)S.O=C(O)c1ccccc1O. The minimum absolute atomic E-state index is 0.0671. The normalized spacial score (nSPS) is 8.69. The highest BCUT2D eigenvalue weighted by atomic mass is 32.1. The molecule has 0 bridgehead atoms. The Bertz CT molecular complexity index is 379. The number of carbonyl (C=O) groups excluding carboxylic acids is 1. The van der Waals surface area contributed by atoms with Crippen LogP contribution in [0.1, 0.15) is 10.4 Å². The van der Waals surface area contributed by atoms with E-state index in [-0.39, 0.29) is 16.6 Å². The zero-order valence-corrected chi connectivity index (χ0v) is 9.81. The van der Waals surface area contributed by atoms with Crippen molar-refractivity contribution in [3.63, 3.8) is 0 Å². The number of amides is 1. The number of para-hydroxylation sites is 1. The van der Waals surface area contributed by atoms with Crippen LogP contribution in [0, 0.1) is 0 Å². The van der Waals surface area contributed by atoms with Crippen molar-refractivity contribution in [1.82, 2.24) is 4.90 Å². The molecule has 0 unspecified atom stereocenters. The van der Waals surface area contributed by atoms with E-state index in [9.17, 15) is 9.59 Å². The average molecular weight is 243 g/mol. The van der Waals surface area contributed by atoms with Crippen molar-refractivity contribution in [2.75, 3.05) is 14.1 Å². The van der Waals surface area contributed by atoms with Crippen LogP contribution in [0.4, 0.5) is 4.79 Å². The number of hydrogen-bond acceptors (Lipinski definition) is 3. The summed E-state index contributed by atoms with van der Waals surface area (Å²) in [5, 5.41) is 17.1. The van der Waals surface area contributed by atoms with Crippen LogP contribution in [0.25, 0.3) is 0 Å². The maximum absolute atomic E-state index is 10.3. The Morgan fingerprint density at radius 2 is 1.69 bits per heavy atom. The van der Waals surface area contributed by atoms with E-state index in [1.54, 1.807) is 26.2 Å². The van der Waals surface area contributed by atoms with Crippen LogP contribution in [0.3, 0.4) is 0 Å². The highest BCUT2D eigenvalue weighted by Crippen LogP contribution is 2.14. The standard InChI is InChI=1S/C7H6O3.C3H7NOS/c8-6-4-2-1-3-5(6)7(9)10;1-4(2)3(5)6/h1-4,8H,(H,9,10);1-2H3,(H,5,6). The number of aromatic carboxylic acids is 1. The van der Waals surface area contributed by atoms with E-state index in [0.717, 1.165) is 0 Å². The summed E-state index contributed by atoms with van der Waals surface area (Å²) in [5.74, 6) is -1.31. The van der Waals surface area contributed by atoms with Gasteiger partial charge in [-0.15, -0.1) is 0 Å². The van der Waals surface area contributed by atoms with Crippen molar-refractivity contribution in [1.29, 1.82) is 0 Å². The second kappa shape index (κ2) is 6.73. The number of phenols is 1. The Morgan fingerprint density at radius 1 is 1.25 bits per heavy atom. The molecule has 0 spiro atoms.